The predicted octanol–water partition coefficient (Wildman–Crippen LogP) is 4.31. The normalized spacial score (nSPS) is 31.2. The average molecular weight is 391 g/mol. The zero-order valence-corrected chi connectivity index (χ0v) is 18.0. The van der Waals surface area contributed by atoms with Crippen molar-refractivity contribution in [1.82, 2.24) is 20.4 Å². The number of hydrogen-bond acceptors (Lipinski definition) is 3. The van der Waals surface area contributed by atoms with Crippen LogP contribution in [0.3, 0.4) is 0 Å². The molecule has 1 saturated heterocycles. The van der Waals surface area contributed by atoms with Crippen molar-refractivity contribution < 1.29 is 9.53 Å². The smallest absolute Gasteiger partial charge is 0.317 e. The standard InChI is InChI=1S/C22H38N4O2/c1-5-23-22(27)26-16(4)6-11-19(20-12-13-24-25-20)21(26)14-28-18-9-7-17(8-10-18)15(2)3/h12-13,15-19,21H,5-11,14H2,1-4H3,(H,23,27)(H,24,25). The Morgan fingerprint density at radius 3 is 2.64 bits per heavy atom. The third kappa shape index (κ3) is 4.88. The van der Waals surface area contributed by atoms with Crippen LogP contribution in [0, 0.1) is 11.8 Å². The number of aromatic nitrogens is 2. The van der Waals surface area contributed by atoms with Gasteiger partial charge in [0, 0.05) is 30.4 Å². The molecule has 3 atom stereocenters. The molecule has 6 nitrogen and oxygen atoms in total. The van der Waals surface area contributed by atoms with Gasteiger partial charge < -0.3 is 15.0 Å². The van der Waals surface area contributed by atoms with Crippen molar-refractivity contribution in [2.24, 2.45) is 11.8 Å². The summed E-state index contributed by atoms with van der Waals surface area (Å²) in [5.41, 5.74) is 1.11. The van der Waals surface area contributed by atoms with Gasteiger partial charge >= 0.3 is 6.03 Å². The number of carbonyl (C=O) groups is 1. The van der Waals surface area contributed by atoms with Gasteiger partial charge in [0.05, 0.1) is 18.8 Å². The lowest BCUT2D eigenvalue weighted by atomic mass is 9.80. The first-order valence-corrected chi connectivity index (χ1v) is 11.2. The highest BCUT2D eigenvalue weighted by atomic mass is 16.5. The second-order valence-electron chi connectivity index (χ2n) is 8.97. The molecule has 0 aromatic carbocycles. The summed E-state index contributed by atoms with van der Waals surface area (Å²) in [5, 5.41) is 10.3. The van der Waals surface area contributed by atoms with Crippen LogP contribution in [-0.4, -0.2) is 52.5 Å². The van der Waals surface area contributed by atoms with Crippen molar-refractivity contribution in [1.29, 1.82) is 0 Å². The van der Waals surface area contributed by atoms with Crippen molar-refractivity contribution in [2.75, 3.05) is 13.2 Å². The number of hydrogen-bond donors (Lipinski definition) is 2. The van der Waals surface area contributed by atoms with Gasteiger partial charge in [-0.2, -0.15) is 5.10 Å². The number of piperidine rings is 1. The second kappa shape index (κ2) is 9.77. The Morgan fingerprint density at radius 2 is 2.04 bits per heavy atom. The fraction of sp³-hybridized carbons (Fsp3) is 0.818. The monoisotopic (exact) mass is 390 g/mol. The molecular weight excluding hydrogens is 352 g/mol. The zero-order chi connectivity index (χ0) is 20.1. The van der Waals surface area contributed by atoms with Crippen molar-refractivity contribution in [3.63, 3.8) is 0 Å². The molecule has 0 spiro atoms. The Bertz CT molecular complexity index is 596. The number of rotatable bonds is 6. The van der Waals surface area contributed by atoms with Gasteiger partial charge in [-0.05, 0) is 70.3 Å². The summed E-state index contributed by atoms with van der Waals surface area (Å²) in [7, 11) is 0. The molecule has 3 rings (SSSR count). The second-order valence-corrected chi connectivity index (χ2v) is 8.97. The minimum atomic E-state index is 0.0244. The summed E-state index contributed by atoms with van der Waals surface area (Å²) < 4.78 is 6.43. The molecule has 2 amide bonds. The molecule has 28 heavy (non-hydrogen) atoms. The lowest BCUT2D eigenvalue weighted by Crippen LogP contribution is -2.57. The highest BCUT2D eigenvalue weighted by Gasteiger charge is 2.40. The van der Waals surface area contributed by atoms with E-state index in [2.05, 4.69) is 36.3 Å². The number of amides is 2. The first-order chi connectivity index (χ1) is 13.5. The molecule has 0 bridgehead atoms. The SMILES string of the molecule is CCNC(=O)N1C(C)CCC(c2ccn[nH]2)C1COC1CCC(C(C)C)CC1. The van der Waals surface area contributed by atoms with Gasteiger partial charge in [0.2, 0.25) is 0 Å². The molecule has 2 fully saturated rings. The predicted molar refractivity (Wildman–Crippen MR) is 111 cm³/mol. The zero-order valence-electron chi connectivity index (χ0n) is 18.0. The van der Waals surface area contributed by atoms with Crippen LogP contribution in [0.15, 0.2) is 12.3 Å². The lowest BCUT2D eigenvalue weighted by Gasteiger charge is -2.45. The molecule has 0 radical (unpaired) electrons. The number of carbonyl (C=O) groups excluding carboxylic acids is 1. The maximum Gasteiger partial charge on any atom is 0.317 e. The molecule has 6 heteroatoms. The van der Waals surface area contributed by atoms with Crippen LogP contribution in [0.1, 0.15) is 77.8 Å². The number of likely N-dealkylation sites (tertiary alicyclic amines) is 1. The maximum absolute atomic E-state index is 12.8. The van der Waals surface area contributed by atoms with Gasteiger partial charge in [-0.25, -0.2) is 4.79 Å². The Balaban J connectivity index is 1.69. The molecule has 1 aromatic rings. The van der Waals surface area contributed by atoms with E-state index in [0.717, 1.165) is 43.2 Å². The molecule has 2 heterocycles. The average Bonchev–Trinajstić information content (AvgIpc) is 3.21. The first kappa shape index (κ1) is 21.2. The summed E-state index contributed by atoms with van der Waals surface area (Å²) in [5.74, 6) is 1.84. The van der Waals surface area contributed by atoms with E-state index in [1.54, 1.807) is 6.20 Å². The van der Waals surface area contributed by atoms with E-state index in [-0.39, 0.29) is 24.0 Å². The van der Waals surface area contributed by atoms with E-state index < -0.39 is 0 Å². The molecule has 2 aliphatic rings. The van der Waals surface area contributed by atoms with Gasteiger partial charge in [-0.1, -0.05) is 13.8 Å². The van der Waals surface area contributed by atoms with Gasteiger partial charge in [-0.3, -0.25) is 5.10 Å². The van der Waals surface area contributed by atoms with E-state index in [1.807, 2.05) is 17.9 Å². The lowest BCUT2D eigenvalue weighted by molar-refractivity contribution is -0.0319. The largest absolute Gasteiger partial charge is 0.376 e. The van der Waals surface area contributed by atoms with Crippen LogP contribution < -0.4 is 5.32 Å². The fourth-order valence-electron chi connectivity index (χ4n) is 5.06. The van der Waals surface area contributed by atoms with E-state index in [0.29, 0.717) is 19.3 Å². The fourth-order valence-corrected chi connectivity index (χ4v) is 5.06. The number of nitrogens with zero attached hydrogens (tertiary/aromatic N) is 2. The van der Waals surface area contributed by atoms with Crippen LogP contribution in [0.4, 0.5) is 4.79 Å². The van der Waals surface area contributed by atoms with Crippen LogP contribution in [-0.2, 0) is 4.74 Å². The van der Waals surface area contributed by atoms with E-state index in [1.165, 1.54) is 12.8 Å². The van der Waals surface area contributed by atoms with Crippen molar-refractivity contribution in [3.05, 3.63) is 18.0 Å². The number of H-pyrrole nitrogens is 1. The Labute approximate surface area is 169 Å². The Hall–Kier alpha value is -1.56. The third-order valence-corrected chi connectivity index (χ3v) is 6.84. The molecule has 1 saturated carbocycles. The van der Waals surface area contributed by atoms with Crippen LogP contribution in [0.2, 0.25) is 0 Å². The van der Waals surface area contributed by atoms with Gasteiger partial charge in [-0.15, -0.1) is 0 Å². The molecule has 158 valence electrons. The van der Waals surface area contributed by atoms with E-state index in [4.69, 9.17) is 4.74 Å². The van der Waals surface area contributed by atoms with E-state index in [9.17, 15) is 4.79 Å². The minimum absolute atomic E-state index is 0.0244. The molecular formula is C22H38N4O2. The summed E-state index contributed by atoms with van der Waals surface area (Å²) >= 11 is 0. The molecule has 2 N–H and O–H groups in total. The van der Waals surface area contributed by atoms with Crippen molar-refractivity contribution >= 4 is 6.03 Å². The summed E-state index contributed by atoms with van der Waals surface area (Å²) in [6.07, 6.45) is 8.97. The van der Waals surface area contributed by atoms with Crippen molar-refractivity contribution in [2.45, 2.75) is 90.3 Å². The summed E-state index contributed by atoms with van der Waals surface area (Å²) in [6.45, 7) is 10.0. The molecule has 1 aliphatic carbocycles. The first-order valence-electron chi connectivity index (χ1n) is 11.2. The molecule has 1 aromatic heterocycles. The van der Waals surface area contributed by atoms with Gasteiger partial charge in [0.25, 0.3) is 0 Å². The summed E-state index contributed by atoms with van der Waals surface area (Å²) in [4.78, 5) is 14.9. The number of urea groups is 1. The molecule has 3 unspecified atom stereocenters. The molecule has 1 aliphatic heterocycles. The Kier molecular flexibility index (Phi) is 7.38. The number of nitrogens with one attached hydrogen (secondary N) is 2. The van der Waals surface area contributed by atoms with Crippen LogP contribution in [0.5, 0.6) is 0 Å². The van der Waals surface area contributed by atoms with E-state index >= 15 is 0 Å². The number of aromatic amines is 1. The Morgan fingerprint density at radius 1 is 1.29 bits per heavy atom. The highest BCUT2D eigenvalue weighted by molar-refractivity contribution is 5.75. The highest BCUT2D eigenvalue weighted by Crippen LogP contribution is 2.36. The van der Waals surface area contributed by atoms with Crippen LogP contribution in [0.25, 0.3) is 0 Å². The van der Waals surface area contributed by atoms with Gasteiger partial charge in [0.15, 0.2) is 0 Å². The third-order valence-electron chi connectivity index (χ3n) is 6.84. The minimum Gasteiger partial charge on any atom is -0.376 e. The van der Waals surface area contributed by atoms with Gasteiger partial charge in [0.1, 0.15) is 0 Å². The van der Waals surface area contributed by atoms with Crippen LogP contribution >= 0.6 is 0 Å². The quantitative estimate of drug-likeness (QED) is 0.760. The summed E-state index contributed by atoms with van der Waals surface area (Å²) in [6, 6.07) is 2.32. The number of ether oxygens (including phenoxy) is 1. The topological polar surface area (TPSA) is 70.2 Å². The maximum atomic E-state index is 12.8. The van der Waals surface area contributed by atoms with Crippen molar-refractivity contribution in [3.8, 4) is 0 Å².